The molecule has 2 aromatic carbocycles. The van der Waals surface area contributed by atoms with Gasteiger partial charge in [0.1, 0.15) is 0 Å². The van der Waals surface area contributed by atoms with Crippen molar-refractivity contribution in [1.29, 1.82) is 0 Å². The fourth-order valence-corrected chi connectivity index (χ4v) is 5.04. The molecule has 7 nitrogen and oxygen atoms in total. The van der Waals surface area contributed by atoms with Gasteiger partial charge >= 0.3 is 5.97 Å². The topological polar surface area (TPSA) is 90.0 Å². The van der Waals surface area contributed by atoms with Gasteiger partial charge < -0.3 is 9.47 Å². The van der Waals surface area contributed by atoms with Crippen LogP contribution in [0.5, 0.6) is 0 Å². The lowest BCUT2D eigenvalue weighted by molar-refractivity contribution is -0.142. The number of hydrogen-bond donors (Lipinski definition) is 0. The van der Waals surface area contributed by atoms with Crippen LogP contribution in [0.15, 0.2) is 54.1 Å². The molecule has 1 atom stereocenters. The first-order chi connectivity index (χ1) is 13.2. The van der Waals surface area contributed by atoms with Crippen LogP contribution >= 0.6 is 0 Å². The van der Waals surface area contributed by atoms with Crippen LogP contribution in [0.1, 0.15) is 25.8 Å². The van der Waals surface area contributed by atoms with E-state index in [-0.39, 0.29) is 23.9 Å². The van der Waals surface area contributed by atoms with Gasteiger partial charge in [0.25, 0.3) is 11.7 Å². The predicted octanol–water partition coefficient (Wildman–Crippen LogP) is 2.42. The van der Waals surface area contributed by atoms with E-state index in [1.54, 1.807) is 13.0 Å². The molecule has 2 aliphatic heterocycles. The number of esters is 1. The van der Waals surface area contributed by atoms with Gasteiger partial charge in [0.15, 0.2) is 5.60 Å². The van der Waals surface area contributed by atoms with Gasteiger partial charge in [0, 0.05) is 19.0 Å². The summed E-state index contributed by atoms with van der Waals surface area (Å²) in [5, 5.41) is 1.91. The molecule has 0 N–H and O–H groups in total. The molecule has 2 aromatic rings. The first kappa shape index (κ1) is 18.5. The van der Waals surface area contributed by atoms with E-state index < -0.39 is 27.4 Å². The van der Waals surface area contributed by atoms with Gasteiger partial charge in [-0.3, -0.25) is 9.59 Å². The Kier molecular flexibility index (Phi) is 4.19. The van der Waals surface area contributed by atoms with Gasteiger partial charge in [-0.1, -0.05) is 36.4 Å². The number of nitrogens with zero attached hydrogens (tertiary/aromatic N) is 1. The molecule has 0 aliphatic carbocycles. The normalized spacial score (nSPS) is 23.9. The summed E-state index contributed by atoms with van der Waals surface area (Å²) < 4.78 is 36.8. The first-order valence-corrected chi connectivity index (χ1v) is 10.5. The van der Waals surface area contributed by atoms with E-state index in [0.29, 0.717) is 12.0 Å². The predicted molar refractivity (Wildman–Crippen MR) is 101 cm³/mol. The Balaban J connectivity index is 1.81. The van der Waals surface area contributed by atoms with Crippen LogP contribution in [0.25, 0.3) is 10.8 Å². The van der Waals surface area contributed by atoms with E-state index >= 15 is 0 Å². The Morgan fingerprint density at radius 2 is 1.89 bits per heavy atom. The zero-order valence-electron chi connectivity index (χ0n) is 15.5. The molecule has 1 unspecified atom stereocenters. The van der Waals surface area contributed by atoms with Crippen molar-refractivity contribution < 1.29 is 27.5 Å². The number of ether oxygens (including phenoxy) is 2. The highest BCUT2D eigenvalue weighted by atomic mass is 32.2. The molecule has 2 heterocycles. The van der Waals surface area contributed by atoms with Gasteiger partial charge in [-0.2, -0.15) is 0 Å². The zero-order valence-corrected chi connectivity index (χ0v) is 16.3. The lowest BCUT2D eigenvalue weighted by Gasteiger charge is -2.26. The van der Waals surface area contributed by atoms with Gasteiger partial charge in [0.2, 0.25) is 15.8 Å². The minimum Gasteiger partial charge on any atom is -0.456 e. The summed E-state index contributed by atoms with van der Waals surface area (Å²) in [5.41, 5.74) is -0.949. The maximum atomic E-state index is 13.2. The lowest BCUT2D eigenvalue weighted by Crippen LogP contribution is -2.33. The average Bonchev–Trinajstić information content (AvgIpc) is 3.12. The Bertz CT molecular complexity index is 1140. The number of Topliss-reactive ketones (excluding diaryl/α,β-unsaturated/α-hetero) is 1. The van der Waals surface area contributed by atoms with Crippen molar-refractivity contribution in [2.75, 3.05) is 12.3 Å². The second kappa shape index (κ2) is 6.34. The van der Waals surface area contributed by atoms with Crippen molar-refractivity contribution in [2.24, 2.45) is 0 Å². The smallest absolute Gasteiger partial charge is 0.308 e. The third kappa shape index (κ3) is 2.84. The minimum absolute atomic E-state index is 0.0475. The van der Waals surface area contributed by atoms with Crippen molar-refractivity contribution in [1.82, 2.24) is 4.31 Å². The molecule has 0 bridgehead atoms. The van der Waals surface area contributed by atoms with Gasteiger partial charge in [-0.25, -0.2) is 12.7 Å². The molecular weight excluding hydrogens is 382 g/mol. The van der Waals surface area contributed by atoms with E-state index in [0.717, 1.165) is 22.0 Å². The molecular formula is C20H19NO6S. The third-order valence-corrected chi connectivity index (χ3v) is 6.83. The molecule has 4 rings (SSSR count). The van der Waals surface area contributed by atoms with Crippen molar-refractivity contribution in [3.05, 3.63) is 59.7 Å². The number of sulfonamides is 1. The Morgan fingerprint density at radius 1 is 1.18 bits per heavy atom. The SMILES string of the molecule is CC(=O)OC1=C(N2CCCS2(=O)=O)OC(C)(c2ccc3ccccc3c2)C1=O. The van der Waals surface area contributed by atoms with E-state index in [4.69, 9.17) is 9.47 Å². The minimum atomic E-state index is -3.62. The summed E-state index contributed by atoms with van der Waals surface area (Å²) in [7, 11) is -3.62. The summed E-state index contributed by atoms with van der Waals surface area (Å²) in [6.45, 7) is 2.88. The molecule has 146 valence electrons. The first-order valence-electron chi connectivity index (χ1n) is 8.88. The summed E-state index contributed by atoms with van der Waals surface area (Å²) in [5.74, 6) is -1.94. The Morgan fingerprint density at radius 3 is 2.54 bits per heavy atom. The molecule has 0 amide bonds. The van der Waals surface area contributed by atoms with Crippen LogP contribution in [0.2, 0.25) is 0 Å². The van der Waals surface area contributed by atoms with Crippen LogP contribution in [0.3, 0.4) is 0 Å². The van der Waals surface area contributed by atoms with Gasteiger partial charge in [-0.15, -0.1) is 0 Å². The fourth-order valence-electron chi connectivity index (χ4n) is 3.54. The molecule has 8 heteroatoms. The van der Waals surface area contributed by atoms with Crippen LogP contribution in [0, 0.1) is 0 Å². The average molecular weight is 401 g/mol. The molecule has 0 saturated carbocycles. The molecule has 0 spiro atoms. The third-order valence-electron chi connectivity index (χ3n) is 5.01. The second-order valence-electron chi connectivity index (χ2n) is 7.00. The number of fused-ring (bicyclic) bond motifs is 1. The monoisotopic (exact) mass is 401 g/mol. The van der Waals surface area contributed by atoms with Crippen molar-refractivity contribution >= 4 is 32.5 Å². The van der Waals surface area contributed by atoms with E-state index in [1.807, 2.05) is 36.4 Å². The highest BCUT2D eigenvalue weighted by Crippen LogP contribution is 2.42. The van der Waals surface area contributed by atoms with Gasteiger partial charge in [0.05, 0.1) is 5.75 Å². The quantitative estimate of drug-likeness (QED) is 0.734. The van der Waals surface area contributed by atoms with E-state index in [1.165, 1.54) is 0 Å². The Hall–Kier alpha value is -2.87. The number of carbonyl (C=O) groups is 2. The number of rotatable bonds is 3. The number of ketones is 1. The van der Waals surface area contributed by atoms with Gasteiger partial charge in [-0.05, 0) is 30.2 Å². The van der Waals surface area contributed by atoms with Crippen molar-refractivity contribution in [3.63, 3.8) is 0 Å². The standard InChI is InChI=1S/C20H19NO6S/c1-13(22)26-17-18(23)20(2,27-19(17)21-10-5-11-28(21,24)25)16-9-8-14-6-3-4-7-15(14)12-16/h3-4,6-9,12H,5,10-11H2,1-2H3. The van der Waals surface area contributed by atoms with Crippen molar-refractivity contribution in [3.8, 4) is 0 Å². The molecule has 0 aromatic heterocycles. The van der Waals surface area contributed by atoms with Crippen molar-refractivity contribution in [2.45, 2.75) is 25.9 Å². The van der Waals surface area contributed by atoms with E-state index in [9.17, 15) is 18.0 Å². The zero-order chi connectivity index (χ0) is 20.1. The summed E-state index contributed by atoms with van der Waals surface area (Å²) >= 11 is 0. The number of carbonyl (C=O) groups excluding carboxylic acids is 2. The van der Waals surface area contributed by atoms with Crippen LogP contribution < -0.4 is 0 Å². The fraction of sp³-hybridized carbons (Fsp3) is 0.300. The lowest BCUT2D eigenvalue weighted by atomic mass is 9.90. The summed E-state index contributed by atoms with van der Waals surface area (Å²) in [6, 6.07) is 13.1. The maximum absolute atomic E-state index is 13.2. The highest BCUT2D eigenvalue weighted by molar-refractivity contribution is 7.89. The second-order valence-corrected chi connectivity index (χ2v) is 9.01. The molecule has 2 aliphatic rings. The molecule has 0 radical (unpaired) electrons. The largest absolute Gasteiger partial charge is 0.456 e. The number of hydrogen-bond acceptors (Lipinski definition) is 6. The van der Waals surface area contributed by atoms with Crippen LogP contribution in [-0.4, -0.2) is 36.8 Å². The molecule has 1 fully saturated rings. The molecule has 28 heavy (non-hydrogen) atoms. The number of benzene rings is 2. The summed E-state index contributed by atoms with van der Waals surface area (Å²) in [6.07, 6.45) is 0.406. The Labute approximate surface area is 162 Å². The molecule has 1 saturated heterocycles. The van der Waals surface area contributed by atoms with Crippen LogP contribution in [-0.2, 0) is 34.7 Å². The highest BCUT2D eigenvalue weighted by Gasteiger charge is 2.53. The van der Waals surface area contributed by atoms with Crippen LogP contribution in [0.4, 0.5) is 0 Å². The summed E-state index contributed by atoms with van der Waals surface area (Å²) in [4.78, 5) is 24.8. The van der Waals surface area contributed by atoms with E-state index in [2.05, 4.69) is 0 Å². The maximum Gasteiger partial charge on any atom is 0.308 e.